The van der Waals surface area contributed by atoms with Crippen molar-refractivity contribution in [3.63, 3.8) is 0 Å². The number of benzene rings is 1. The number of carbonyl (C=O) groups excluding carboxylic acids is 2. The Kier molecular flexibility index (Phi) is 5.58. The number of amides is 2. The van der Waals surface area contributed by atoms with Gasteiger partial charge in [0.2, 0.25) is 5.91 Å². The standard InChI is InChI=1S/C15H23N3O3/c1-15(2,3)18-13(19)7-8-17-14(20)11-6-5-10(21-4)9-12(11)16/h5-6,9H,7-8,16H2,1-4H3,(H,17,20)(H,18,19). The number of methoxy groups -OCH3 is 1. The van der Waals surface area contributed by atoms with Gasteiger partial charge in [0.1, 0.15) is 5.75 Å². The first-order valence-corrected chi connectivity index (χ1v) is 6.75. The number of hydrogen-bond acceptors (Lipinski definition) is 4. The smallest absolute Gasteiger partial charge is 0.253 e. The number of rotatable bonds is 5. The van der Waals surface area contributed by atoms with E-state index in [4.69, 9.17) is 10.5 Å². The van der Waals surface area contributed by atoms with Crippen LogP contribution in [0.2, 0.25) is 0 Å². The SMILES string of the molecule is COc1ccc(C(=O)NCCC(=O)NC(C)(C)C)c(N)c1. The fourth-order valence-corrected chi connectivity index (χ4v) is 1.74. The maximum absolute atomic E-state index is 12.0. The first kappa shape index (κ1) is 16.8. The minimum absolute atomic E-state index is 0.106. The van der Waals surface area contributed by atoms with Crippen molar-refractivity contribution in [2.24, 2.45) is 0 Å². The highest BCUT2D eigenvalue weighted by Gasteiger charge is 2.14. The molecule has 0 atom stereocenters. The molecule has 1 aromatic rings. The summed E-state index contributed by atoms with van der Waals surface area (Å²) < 4.78 is 5.02. The van der Waals surface area contributed by atoms with Crippen molar-refractivity contribution in [1.82, 2.24) is 10.6 Å². The third-order valence-corrected chi connectivity index (χ3v) is 2.66. The van der Waals surface area contributed by atoms with Gasteiger partial charge in [-0.2, -0.15) is 0 Å². The van der Waals surface area contributed by atoms with E-state index in [9.17, 15) is 9.59 Å². The van der Waals surface area contributed by atoms with Gasteiger partial charge in [-0.05, 0) is 32.9 Å². The lowest BCUT2D eigenvalue weighted by Crippen LogP contribution is -2.42. The zero-order valence-corrected chi connectivity index (χ0v) is 12.9. The van der Waals surface area contributed by atoms with Crippen LogP contribution in [0.15, 0.2) is 18.2 Å². The molecule has 4 N–H and O–H groups in total. The molecule has 0 spiro atoms. The van der Waals surface area contributed by atoms with Crippen molar-refractivity contribution in [2.45, 2.75) is 32.7 Å². The summed E-state index contributed by atoms with van der Waals surface area (Å²) in [5.74, 6) is 0.179. The molecule has 0 aliphatic heterocycles. The number of nitrogens with two attached hydrogens (primary N) is 1. The zero-order valence-electron chi connectivity index (χ0n) is 12.9. The summed E-state index contributed by atoms with van der Waals surface area (Å²) in [6, 6.07) is 4.84. The van der Waals surface area contributed by atoms with Crippen LogP contribution >= 0.6 is 0 Å². The summed E-state index contributed by atoms with van der Waals surface area (Å²) >= 11 is 0. The van der Waals surface area contributed by atoms with Crippen molar-refractivity contribution in [3.05, 3.63) is 23.8 Å². The molecule has 0 aromatic heterocycles. The molecule has 0 unspecified atom stereocenters. The molecule has 0 fully saturated rings. The van der Waals surface area contributed by atoms with Crippen LogP contribution in [0, 0.1) is 0 Å². The number of hydrogen-bond donors (Lipinski definition) is 3. The van der Waals surface area contributed by atoms with Crippen LogP contribution in [0.1, 0.15) is 37.6 Å². The Morgan fingerprint density at radius 2 is 1.95 bits per heavy atom. The van der Waals surface area contributed by atoms with Crippen LogP contribution in [0.4, 0.5) is 5.69 Å². The van der Waals surface area contributed by atoms with Crippen molar-refractivity contribution in [1.29, 1.82) is 0 Å². The van der Waals surface area contributed by atoms with Crippen LogP contribution < -0.4 is 21.1 Å². The summed E-state index contributed by atoms with van der Waals surface area (Å²) in [5, 5.41) is 5.50. The first-order valence-electron chi connectivity index (χ1n) is 6.75. The third-order valence-electron chi connectivity index (χ3n) is 2.66. The van der Waals surface area contributed by atoms with E-state index in [2.05, 4.69) is 10.6 Å². The summed E-state index contributed by atoms with van der Waals surface area (Å²) in [5.41, 5.74) is 6.22. The molecule has 1 rings (SSSR count). The Hall–Kier alpha value is -2.24. The molecule has 0 aliphatic carbocycles. The Morgan fingerprint density at radius 1 is 1.29 bits per heavy atom. The highest BCUT2D eigenvalue weighted by atomic mass is 16.5. The lowest BCUT2D eigenvalue weighted by Gasteiger charge is -2.20. The zero-order chi connectivity index (χ0) is 16.0. The van der Waals surface area contributed by atoms with Gasteiger partial charge in [0.25, 0.3) is 5.91 Å². The number of nitrogen functional groups attached to an aromatic ring is 1. The van der Waals surface area contributed by atoms with E-state index in [1.54, 1.807) is 18.2 Å². The predicted molar refractivity (Wildman–Crippen MR) is 82.3 cm³/mol. The second kappa shape index (κ2) is 6.97. The van der Waals surface area contributed by atoms with Crippen LogP contribution in [0.3, 0.4) is 0 Å². The lowest BCUT2D eigenvalue weighted by molar-refractivity contribution is -0.122. The number of anilines is 1. The van der Waals surface area contributed by atoms with Crippen molar-refractivity contribution in [3.8, 4) is 5.75 Å². The number of nitrogens with one attached hydrogen (secondary N) is 2. The summed E-state index contributed by atoms with van der Waals surface area (Å²) in [6.07, 6.45) is 0.221. The second-order valence-corrected chi connectivity index (χ2v) is 5.76. The Bertz CT molecular complexity index is 521. The quantitative estimate of drug-likeness (QED) is 0.714. The molecule has 0 saturated heterocycles. The van der Waals surface area contributed by atoms with Gasteiger partial charge in [-0.25, -0.2) is 0 Å². The average molecular weight is 293 g/mol. The van der Waals surface area contributed by atoms with E-state index >= 15 is 0 Å². The Morgan fingerprint density at radius 3 is 2.48 bits per heavy atom. The highest BCUT2D eigenvalue weighted by Crippen LogP contribution is 2.19. The monoisotopic (exact) mass is 293 g/mol. The molecule has 6 nitrogen and oxygen atoms in total. The molecule has 0 saturated carbocycles. The highest BCUT2D eigenvalue weighted by molar-refractivity contribution is 5.99. The summed E-state index contributed by atoms with van der Waals surface area (Å²) in [6.45, 7) is 5.97. The molecule has 21 heavy (non-hydrogen) atoms. The van der Waals surface area contributed by atoms with E-state index in [-0.39, 0.29) is 30.3 Å². The Labute approximate surface area is 125 Å². The van der Waals surface area contributed by atoms with Gasteiger partial charge in [0.05, 0.1) is 12.7 Å². The molecule has 0 radical (unpaired) electrons. The van der Waals surface area contributed by atoms with Crippen LogP contribution in [0.5, 0.6) is 5.75 Å². The molecular formula is C15H23N3O3. The molecule has 0 aliphatic rings. The van der Waals surface area contributed by atoms with Gasteiger partial charge in [-0.1, -0.05) is 0 Å². The maximum Gasteiger partial charge on any atom is 0.253 e. The van der Waals surface area contributed by atoms with E-state index in [0.717, 1.165) is 0 Å². The molecule has 2 amide bonds. The average Bonchev–Trinajstić information content (AvgIpc) is 2.36. The van der Waals surface area contributed by atoms with Gasteiger partial charge >= 0.3 is 0 Å². The fourth-order valence-electron chi connectivity index (χ4n) is 1.74. The molecule has 6 heteroatoms. The molecule has 0 heterocycles. The number of carbonyl (C=O) groups is 2. The Balaban J connectivity index is 2.49. The molecule has 1 aromatic carbocycles. The number of ether oxygens (including phenoxy) is 1. The van der Waals surface area contributed by atoms with Gasteiger partial charge in [0, 0.05) is 30.3 Å². The lowest BCUT2D eigenvalue weighted by atomic mass is 10.1. The van der Waals surface area contributed by atoms with Crippen LogP contribution in [0.25, 0.3) is 0 Å². The normalized spacial score (nSPS) is 10.9. The molecular weight excluding hydrogens is 270 g/mol. The van der Waals surface area contributed by atoms with Crippen LogP contribution in [-0.2, 0) is 4.79 Å². The predicted octanol–water partition coefficient (Wildman–Crippen LogP) is 1.31. The van der Waals surface area contributed by atoms with Crippen molar-refractivity contribution >= 4 is 17.5 Å². The largest absolute Gasteiger partial charge is 0.497 e. The topological polar surface area (TPSA) is 93.4 Å². The third kappa shape index (κ3) is 5.72. The maximum atomic E-state index is 12.0. The van der Waals surface area contributed by atoms with Gasteiger partial charge in [-0.3, -0.25) is 9.59 Å². The van der Waals surface area contributed by atoms with Gasteiger partial charge in [0.15, 0.2) is 0 Å². The van der Waals surface area contributed by atoms with E-state index in [1.807, 2.05) is 20.8 Å². The van der Waals surface area contributed by atoms with Gasteiger partial charge < -0.3 is 21.1 Å². The molecule has 0 bridgehead atoms. The second-order valence-electron chi connectivity index (χ2n) is 5.76. The van der Waals surface area contributed by atoms with Crippen molar-refractivity contribution < 1.29 is 14.3 Å². The van der Waals surface area contributed by atoms with E-state index < -0.39 is 0 Å². The van der Waals surface area contributed by atoms with E-state index in [0.29, 0.717) is 17.0 Å². The van der Waals surface area contributed by atoms with Crippen LogP contribution in [-0.4, -0.2) is 31.0 Å². The van der Waals surface area contributed by atoms with E-state index in [1.165, 1.54) is 7.11 Å². The molecule has 116 valence electrons. The minimum atomic E-state index is -0.307. The summed E-state index contributed by atoms with van der Waals surface area (Å²) in [7, 11) is 1.53. The fraction of sp³-hybridized carbons (Fsp3) is 0.467. The van der Waals surface area contributed by atoms with Crippen molar-refractivity contribution in [2.75, 3.05) is 19.4 Å². The minimum Gasteiger partial charge on any atom is -0.497 e. The summed E-state index contributed by atoms with van der Waals surface area (Å²) in [4.78, 5) is 23.6. The first-order chi connectivity index (χ1) is 9.73. The van der Waals surface area contributed by atoms with Gasteiger partial charge in [-0.15, -0.1) is 0 Å².